The second kappa shape index (κ2) is 31.4. The number of unbranched alkanes of at least 4 members (excludes halogenated alkanes) is 17. The molecule has 0 aliphatic carbocycles. The van der Waals surface area contributed by atoms with Crippen LogP contribution in [0, 0.1) is 5.92 Å². The molecule has 0 saturated heterocycles. The van der Waals surface area contributed by atoms with E-state index >= 15 is 0 Å². The molecule has 0 fully saturated rings. The van der Waals surface area contributed by atoms with Crippen LogP contribution in [0.15, 0.2) is 0 Å². The first-order chi connectivity index (χ1) is 18.6. The van der Waals surface area contributed by atoms with Gasteiger partial charge in [0.15, 0.2) is 0 Å². The van der Waals surface area contributed by atoms with Crippen LogP contribution < -0.4 is 0 Å². The summed E-state index contributed by atoms with van der Waals surface area (Å²) in [5, 5.41) is 0. The summed E-state index contributed by atoms with van der Waals surface area (Å²) in [7, 11) is 4.33. The normalized spacial score (nSPS) is 12.7. The lowest BCUT2D eigenvalue weighted by Gasteiger charge is -2.19. The molecule has 0 aromatic heterocycles. The Bertz CT molecular complexity index is 414. The van der Waals surface area contributed by atoms with Gasteiger partial charge in [-0.05, 0) is 45.8 Å². The second-order valence-electron chi connectivity index (χ2n) is 12.8. The van der Waals surface area contributed by atoms with Crippen LogP contribution in [-0.2, 0) is 4.74 Å². The van der Waals surface area contributed by atoms with Crippen LogP contribution >= 0.6 is 0 Å². The van der Waals surface area contributed by atoms with Crippen LogP contribution in [0.25, 0.3) is 0 Å². The summed E-state index contributed by atoms with van der Waals surface area (Å²) in [4.78, 5) is 2.27. The summed E-state index contributed by atoms with van der Waals surface area (Å²) < 4.78 is 6.36. The fraction of sp³-hybridized carbons (Fsp3) is 1.00. The molecule has 0 aromatic rings. The van der Waals surface area contributed by atoms with Crippen molar-refractivity contribution in [2.75, 3.05) is 27.2 Å². The Labute approximate surface area is 242 Å². The molecule has 0 aromatic carbocycles. The van der Waals surface area contributed by atoms with Gasteiger partial charge in [0.25, 0.3) is 0 Å². The Kier molecular flexibility index (Phi) is 31.4. The van der Waals surface area contributed by atoms with Gasteiger partial charge in [-0.25, -0.2) is 0 Å². The van der Waals surface area contributed by atoms with Crippen molar-refractivity contribution in [3.05, 3.63) is 0 Å². The average molecular weight is 538 g/mol. The molecule has 0 aliphatic heterocycles. The predicted octanol–water partition coefficient (Wildman–Crippen LogP) is 12.1. The lowest BCUT2D eigenvalue weighted by atomic mass is 9.90. The second-order valence-corrected chi connectivity index (χ2v) is 12.8. The van der Waals surface area contributed by atoms with Crippen molar-refractivity contribution < 1.29 is 4.74 Å². The maximum atomic E-state index is 6.36. The monoisotopic (exact) mass is 538 g/mol. The van der Waals surface area contributed by atoms with Crippen molar-refractivity contribution in [3.63, 3.8) is 0 Å². The molecule has 0 spiro atoms. The number of ether oxygens (including phenoxy) is 1. The first-order valence-corrected chi connectivity index (χ1v) is 17.9. The molecule has 1 atom stereocenters. The molecular formula is C36H75NO. The summed E-state index contributed by atoms with van der Waals surface area (Å²) in [5.41, 5.74) is 0. The summed E-state index contributed by atoms with van der Waals surface area (Å²) in [6.45, 7) is 9.06. The minimum atomic E-state index is 0.510. The molecule has 38 heavy (non-hydrogen) atoms. The molecule has 0 saturated carbocycles. The van der Waals surface area contributed by atoms with Crippen LogP contribution in [0.3, 0.4) is 0 Å². The van der Waals surface area contributed by atoms with Gasteiger partial charge in [0, 0.05) is 6.61 Å². The van der Waals surface area contributed by atoms with Gasteiger partial charge < -0.3 is 9.64 Å². The van der Waals surface area contributed by atoms with E-state index in [9.17, 15) is 0 Å². The third kappa shape index (κ3) is 28.9. The molecule has 0 amide bonds. The highest BCUT2D eigenvalue weighted by molar-refractivity contribution is 4.63. The van der Waals surface area contributed by atoms with Crippen LogP contribution in [0.4, 0.5) is 0 Å². The molecule has 1 unspecified atom stereocenters. The molecule has 230 valence electrons. The van der Waals surface area contributed by atoms with Crippen LogP contribution in [-0.4, -0.2) is 38.3 Å². The zero-order valence-corrected chi connectivity index (χ0v) is 27.5. The van der Waals surface area contributed by atoms with Gasteiger partial charge in [0.05, 0.1) is 6.10 Å². The first kappa shape index (κ1) is 37.9. The van der Waals surface area contributed by atoms with Gasteiger partial charge in [-0.15, -0.1) is 0 Å². The fourth-order valence-corrected chi connectivity index (χ4v) is 5.94. The van der Waals surface area contributed by atoms with E-state index in [1.54, 1.807) is 0 Å². The molecule has 0 N–H and O–H groups in total. The quantitative estimate of drug-likeness (QED) is 0.0791. The SMILES string of the molecule is CCCCCCCCCC(CCCCCCCCCCC(CCCCC)CCCCC)OCCCN(C)C. The maximum Gasteiger partial charge on any atom is 0.0575 e. The van der Waals surface area contributed by atoms with E-state index in [1.807, 2.05) is 0 Å². The van der Waals surface area contributed by atoms with E-state index in [2.05, 4.69) is 39.8 Å². The Hall–Kier alpha value is -0.0800. The van der Waals surface area contributed by atoms with Gasteiger partial charge in [0.2, 0.25) is 0 Å². The average Bonchev–Trinajstić information content (AvgIpc) is 2.90. The molecule has 2 nitrogen and oxygen atoms in total. The summed E-state index contributed by atoms with van der Waals surface area (Å²) in [6, 6.07) is 0. The van der Waals surface area contributed by atoms with Gasteiger partial charge in [0.1, 0.15) is 0 Å². The van der Waals surface area contributed by atoms with E-state index in [4.69, 9.17) is 4.74 Å². The molecule has 0 bridgehead atoms. The maximum absolute atomic E-state index is 6.36. The number of hydrogen-bond donors (Lipinski definition) is 0. The van der Waals surface area contributed by atoms with Crippen molar-refractivity contribution in [2.45, 2.75) is 200 Å². The summed E-state index contributed by atoms with van der Waals surface area (Å²) in [6.07, 6.45) is 38.6. The summed E-state index contributed by atoms with van der Waals surface area (Å²) >= 11 is 0. The van der Waals surface area contributed by atoms with Crippen molar-refractivity contribution in [3.8, 4) is 0 Å². The van der Waals surface area contributed by atoms with Crippen LogP contribution in [0.5, 0.6) is 0 Å². The van der Waals surface area contributed by atoms with Crippen molar-refractivity contribution in [1.82, 2.24) is 4.90 Å². The molecule has 0 aliphatic rings. The Morgan fingerprint density at radius 3 is 1.18 bits per heavy atom. The van der Waals surface area contributed by atoms with Crippen molar-refractivity contribution >= 4 is 0 Å². The molecule has 0 heterocycles. The van der Waals surface area contributed by atoms with E-state index in [0.717, 1.165) is 19.1 Å². The number of nitrogens with zero attached hydrogens (tertiary/aromatic N) is 1. The lowest BCUT2D eigenvalue weighted by Crippen LogP contribution is -2.18. The summed E-state index contributed by atoms with van der Waals surface area (Å²) in [5.74, 6) is 1.02. The molecule has 0 rings (SSSR count). The zero-order chi connectivity index (χ0) is 27.9. The molecular weight excluding hydrogens is 462 g/mol. The topological polar surface area (TPSA) is 12.5 Å². The minimum Gasteiger partial charge on any atom is -0.378 e. The van der Waals surface area contributed by atoms with Gasteiger partial charge >= 0.3 is 0 Å². The highest BCUT2D eigenvalue weighted by atomic mass is 16.5. The highest BCUT2D eigenvalue weighted by Crippen LogP contribution is 2.24. The largest absolute Gasteiger partial charge is 0.378 e. The lowest BCUT2D eigenvalue weighted by molar-refractivity contribution is 0.0342. The fourth-order valence-electron chi connectivity index (χ4n) is 5.94. The van der Waals surface area contributed by atoms with E-state index in [1.165, 1.54) is 173 Å². The van der Waals surface area contributed by atoms with E-state index < -0.39 is 0 Å². The number of hydrogen-bond acceptors (Lipinski definition) is 2. The highest BCUT2D eigenvalue weighted by Gasteiger charge is 2.10. The minimum absolute atomic E-state index is 0.510. The van der Waals surface area contributed by atoms with Crippen LogP contribution in [0.1, 0.15) is 194 Å². The zero-order valence-electron chi connectivity index (χ0n) is 27.5. The molecule has 2 heteroatoms. The van der Waals surface area contributed by atoms with Crippen LogP contribution in [0.2, 0.25) is 0 Å². The predicted molar refractivity (Wildman–Crippen MR) is 173 cm³/mol. The van der Waals surface area contributed by atoms with Crippen molar-refractivity contribution in [2.24, 2.45) is 5.92 Å². The third-order valence-electron chi connectivity index (χ3n) is 8.55. The Morgan fingerprint density at radius 2 is 0.763 bits per heavy atom. The number of rotatable bonds is 32. The smallest absolute Gasteiger partial charge is 0.0575 e. The van der Waals surface area contributed by atoms with E-state index in [-0.39, 0.29) is 0 Å². The van der Waals surface area contributed by atoms with E-state index in [0.29, 0.717) is 6.10 Å². The Morgan fingerprint density at radius 1 is 0.421 bits per heavy atom. The van der Waals surface area contributed by atoms with Gasteiger partial charge in [-0.3, -0.25) is 0 Å². The van der Waals surface area contributed by atoms with Gasteiger partial charge in [-0.1, -0.05) is 175 Å². The van der Waals surface area contributed by atoms with Crippen molar-refractivity contribution in [1.29, 1.82) is 0 Å². The Balaban J connectivity index is 3.90. The standard InChI is InChI=1S/C36H75NO/c1-6-9-12-13-16-20-25-31-36(38-34-27-33-37(4)5)32-26-21-18-15-14-17-19-24-30-35(28-22-10-7-2)29-23-11-8-3/h35-36H,6-34H2,1-5H3. The third-order valence-corrected chi connectivity index (χ3v) is 8.55. The first-order valence-electron chi connectivity index (χ1n) is 17.9. The molecule has 0 radical (unpaired) electrons. The van der Waals surface area contributed by atoms with Gasteiger partial charge in [-0.2, -0.15) is 0 Å².